The third-order valence-corrected chi connectivity index (χ3v) is 10.9. The number of ether oxygens (including phenoxy) is 1. The van der Waals surface area contributed by atoms with E-state index in [0.29, 0.717) is 49.8 Å². The van der Waals surface area contributed by atoms with E-state index >= 15 is 0 Å². The molecule has 11 heteroatoms. The predicted octanol–water partition coefficient (Wildman–Crippen LogP) is 3.22. The molecule has 2 amide bonds. The van der Waals surface area contributed by atoms with E-state index in [-0.39, 0.29) is 24.4 Å². The number of carbonyl (C=O) groups excluding carboxylic acids is 1. The summed E-state index contributed by atoms with van der Waals surface area (Å²) in [7, 11) is -3.40. The van der Waals surface area contributed by atoms with E-state index in [0.717, 1.165) is 43.5 Å². The van der Waals surface area contributed by atoms with Crippen LogP contribution in [0.3, 0.4) is 0 Å². The first-order chi connectivity index (χ1) is 18.3. The van der Waals surface area contributed by atoms with Gasteiger partial charge >= 0.3 is 6.03 Å². The number of nitrogens with one attached hydrogen (secondary N) is 2. The Bertz CT molecular complexity index is 1240. The second kappa shape index (κ2) is 11.2. The number of sulfone groups is 1. The van der Waals surface area contributed by atoms with Crippen molar-refractivity contribution in [2.45, 2.75) is 67.9 Å². The number of nitrogens with zero attached hydrogens (tertiary/aromatic N) is 3. The van der Waals surface area contributed by atoms with Gasteiger partial charge in [-0.15, -0.1) is 0 Å². The molecule has 5 rings (SSSR count). The van der Waals surface area contributed by atoms with Crippen LogP contribution >= 0.6 is 0 Å². The highest BCUT2D eigenvalue weighted by atomic mass is 32.2. The van der Waals surface area contributed by atoms with Gasteiger partial charge < -0.3 is 25.4 Å². The molecule has 3 aliphatic rings. The molecule has 1 aliphatic heterocycles. The molecule has 38 heavy (non-hydrogen) atoms. The largest absolute Gasteiger partial charge is 0.395 e. The molecule has 206 valence electrons. The Labute approximate surface area is 224 Å². The quantitative estimate of drug-likeness (QED) is 0.462. The van der Waals surface area contributed by atoms with Gasteiger partial charge in [-0.2, -0.15) is 0 Å². The van der Waals surface area contributed by atoms with Gasteiger partial charge in [0, 0.05) is 30.4 Å². The van der Waals surface area contributed by atoms with E-state index in [1.54, 1.807) is 12.1 Å². The van der Waals surface area contributed by atoms with Crippen LogP contribution in [0, 0.1) is 0 Å². The maximum Gasteiger partial charge on any atom is 0.319 e. The number of rotatable bonds is 8. The molecule has 3 fully saturated rings. The number of anilines is 2. The Morgan fingerprint density at radius 2 is 1.89 bits per heavy atom. The molecule has 0 radical (unpaired) electrons. The topological polar surface area (TPSA) is 134 Å². The molecule has 1 saturated heterocycles. The van der Waals surface area contributed by atoms with E-state index in [9.17, 15) is 13.2 Å². The van der Waals surface area contributed by atoms with Gasteiger partial charge in [-0.3, -0.25) is 0 Å². The summed E-state index contributed by atoms with van der Waals surface area (Å²) in [5.74, 6) is 1.19. The first kappa shape index (κ1) is 26.8. The minimum atomic E-state index is -3.40. The lowest BCUT2D eigenvalue weighted by molar-refractivity contribution is 0.0985. The van der Waals surface area contributed by atoms with E-state index in [1.807, 2.05) is 18.2 Å². The van der Waals surface area contributed by atoms with Gasteiger partial charge in [0.05, 0.1) is 36.8 Å². The summed E-state index contributed by atoms with van der Waals surface area (Å²) < 4.78 is 32.6. The Morgan fingerprint density at radius 3 is 2.55 bits per heavy atom. The number of aliphatic hydroxyl groups is 1. The summed E-state index contributed by atoms with van der Waals surface area (Å²) in [5.41, 5.74) is 1.91. The van der Waals surface area contributed by atoms with Crippen LogP contribution in [0.4, 0.5) is 16.3 Å². The highest BCUT2D eigenvalue weighted by molar-refractivity contribution is 7.93. The Hall–Kier alpha value is -2.76. The predicted molar refractivity (Wildman–Crippen MR) is 146 cm³/mol. The summed E-state index contributed by atoms with van der Waals surface area (Å²) in [6.07, 6.45) is 5.67. The van der Waals surface area contributed by atoms with E-state index in [2.05, 4.69) is 22.5 Å². The van der Waals surface area contributed by atoms with Crippen molar-refractivity contribution < 1.29 is 23.1 Å². The number of aromatic nitrogens is 2. The van der Waals surface area contributed by atoms with Crippen molar-refractivity contribution in [3.05, 3.63) is 36.0 Å². The highest BCUT2D eigenvalue weighted by Gasteiger charge is 2.59. The summed E-state index contributed by atoms with van der Waals surface area (Å²) in [6, 6.07) is 8.75. The molecule has 0 unspecified atom stereocenters. The summed E-state index contributed by atoms with van der Waals surface area (Å²) in [5, 5.41) is 13.9. The number of hydrogen-bond acceptors (Lipinski definition) is 8. The second-order valence-electron chi connectivity index (χ2n) is 10.5. The highest BCUT2D eigenvalue weighted by Crippen LogP contribution is 2.55. The molecule has 3 N–H and O–H groups in total. The number of benzene rings is 1. The van der Waals surface area contributed by atoms with Crippen LogP contribution in [0.2, 0.25) is 0 Å². The lowest BCUT2D eigenvalue weighted by Gasteiger charge is -2.35. The van der Waals surface area contributed by atoms with Gasteiger partial charge in [-0.1, -0.05) is 19.3 Å². The normalized spacial score (nSPS) is 21.6. The summed E-state index contributed by atoms with van der Waals surface area (Å²) in [4.78, 5) is 23.9. The van der Waals surface area contributed by atoms with Gasteiger partial charge in [0.2, 0.25) is 0 Å². The summed E-state index contributed by atoms with van der Waals surface area (Å²) >= 11 is 0. The molecule has 0 bridgehead atoms. The number of amides is 2. The summed E-state index contributed by atoms with van der Waals surface area (Å²) in [6.45, 7) is 3.95. The van der Waals surface area contributed by atoms with Crippen molar-refractivity contribution in [3.8, 4) is 11.4 Å². The third-order valence-electron chi connectivity index (χ3n) is 7.88. The molecule has 1 aromatic carbocycles. The lowest BCUT2D eigenvalue weighted by atomic mass is 10.0. The van der Waals surface area contributed by atoms with Crippen LogP contribution in [-0.2, 0) is 19.3 Å². The fourth-order valence-corrected chi connectivity index (χ4v) is 8.21. The number of aliphatic hydroxyl groups excluding tert-OH is 1. The molecule has 1 aromatic heterocycles. The fourth-order valence-electron chi connectivity index (χ4n) is 5.55. The van der Waals surface area contributed by atoms with Crippen molar-refractivity contribution >= 4 is 27.4 Å². The van der Waals surface area contributed by atoms with Crippen molar-refractivity contribution in [2.24, 2.45) is 0 Å². The SMILES string of the molecule is C[C@H]1COCCN1c1cc(C2(S(=O)(=O)C3CCCCC3)CC2)nc(-c2ccc(NC(=O)NCCO)cc2)n1. The molecule has 0 spiro atoms. The molecule has 2 aliphatic carbocycles. The monoisotopic (exact) mass is 543 g/mol. The van der Waals surface area contributed by atoms with Crippen LogP contribution in [0.25, 0.3) is 11.4 Å². The maximum atomic E-state index is 13.9. The van der Waals surface area contributed by atoms with Gasteiger partial charge in [-0.25, -0.2) is 23.2 Å². The Kier molecular flexibility index (Phi) is 7.88. The van der Waals surface area contributed by atoms with Crippen molar-refractivity contribution in [1.82, 2.24) is 15.3 Å². The number of urea groups is 1. The van der Waals surface area contributed by atoms with Gasteiger partial charge in [-0.05, 0) is 56.9 Å². The number of carbonyl (C=O) groups is 1. The molecular weight excluding hydrogens is 506 g/mol. The van der Waals surface area contributed by atoms with E-state index in [1.165, 1.54) is 0 Å². The smallest absolute Gasteiger partial charge is 0.319 e. The van der Waals surface area contributed by atoms with Gasteiger partial charge in [0.15, 0.2) is 15.7 Å². The average molecular weight is 544 g/mol. The van der Waals surface area contributed by atoms with E-state index < -0.39 is 20.6 Å². The minimum absolute atomic E-state index is 0.105. The van der Waals surface area contributed by atoms with Crippen LogP contribution < -0.4 is 15.5 Å². The zero-order chi connectivity index (χ0) is 26.8. The van der Waals surface area contributed by atoms with E-state index in [4.69, 9.17) is 19.8 Å². The molecule has 1 atom stereocenters. The van der Waals surface area contributed by atoms with Crippen molar-refractivity contribution in [3.63, 3.8) is 0 Å². The first-order valence-corrected chi connectivity index (χ1v) is 15.1. The van der Waals surface area contributed by atoms with Crippen LogP contribution in [-0.4, -0.2) is 73.7 Å². The molecule has 2 aromatic rings. The van der Waals surface area contributed by atoms with Gasteiger partial charge in [0.25, 0.3) is 0 Å². The molecule has 10 nitrogen and oxygen atoms in total. The zero-order valence-electron chi connectivity index (χ0n) is 21.9. The van der Waals surface area contributed by atoms with Crippen LogP contribution in [0.1, 0.15) is 57.6 Å². The van der Waals surface area contributed by atoms with Gasteiger partial charge in [0.1, 0.15) is 10.6 Å². The van der Waals surface area contributed by atoms with Crippen molar-refractivity contribution in [2.75, 3.05) is 43.1 Å². The fraction of sp³-hybridized carbons (Fsp3) is 0.593. The Morgan fingerprint density at radius 1 is 1.16 bits per heavy atom. The number of morpholine rings is 1. The molecule has 2 heterocycles. The molecular formula is C27H37N5O5S. The average Bonchev–Trinajstić information content (AvgIpc) is 3.76. The number of hydrogen-bond donors (Lipinski definition) is 3. The second-order valence-corrected chi connectivity index (χ2v) is 13.1. The standard InChI is InChI=1S/C27H37N5O5S/c1-19-18-37-16-14-32(19)24-17-23(27(11-12-27)38(35,36)22-5-3-2-4-6-22)30-25(31-24)20-7-9-21(10-8-20)29-26(34)28-13-15-33/h7-10,17,19,22,33H,2-6,11-16,18H2,1H3,(H2,28,29,34)/t19-/m0/s1. The third kappa shape index (κ3) is 5.37. The van der Waals surface area contributed by atoms with Crippen molar-refractivity contribution in [1.29, 1.82) is 0 Å². The molecule has 2 saturated carbocycles. The van der Waals surface area contributed by atoms with Crippen LogP contribution in [0.15, 0.2) is 30.3 Å². The Balaban J connectivity index is 1.49. The lowest BCUT2D eigenvalue weighted by Crippen LogP contribution is -2.44. The minimum Gasteiger partial charge on any atom is -0.395 e. The van der Waals surface area contributed by atoms with Crippen LogP contribution in [0.5, 0.6) is 0 Å². The zero-order valence-corrected chi connectivity index (χ0v) is 22.7. The first-order valence-electron chi connectivity index (χ1n) is 13.6. The maximum absolute atomic E-state index is 13.9.